The van der Waals surface area contributed by atoms with Gasteiger partial charge in [0.2, 0.25) is 11.6 Å². The molecule has 0 bridgehead atoms. The van der Waals surface area contributed by atoms with Gasteiger partial charge in [-0.25, -0.2) is 9.97 Å². The molecule has 0 amide bonds. The predicted octanol–water partition coefficient (Wildman–Crippen LogP) is 2.86. The van der Waals surface area contributed by atoms with Gasteiger partial charge in [0.25, 0.3) is 5.89 Å². The largest absolute Gasteiger partial charge is 0.507 e. The molecular formula is C13H9ClN4O2. The van der Waals surface area contributed by atoms with Gasteiger partial charge in [-0.1, -0.05) is 16.8 Å². The highest BCUT2D eigenvalue weighted by Crippen LogP contribution is 2.31. The van der Waals surface area contributed by atoms with Gasteiger partial charge in [-0.15, -0.1) is 0 Å². The minimum Gasteiger partial charge on any atom is -0.507 e. The van der Waals surface area contributed by atoms with Crippen molar-refractivity contribution in [2.75, 3.05) is 0 Å². The molecule has 7 heteroatoms. The molecule has 3 rings (SSSR count). The summed E-state index contributed by atoms with van der Waals surface area (Å²) in [5.74, 6) is 0.768. The van der Waals surface area contributed by atoms with Gasteiger partial charge in [-0.3, -0.25) is 0 Å². The maximum absolute atomic E-state index is 9.82. The minimum absolute atomic E-state index is 0.0301. The second-order valence-electron chi connectivity index (χ2n) is 4.17. The van der Waals surface area contributed by atoms with Gasteiger partial charge in [0, 0.05) is 17.4 Å². The SMILES string of the molecule is Cc1cnc(-c2noc(-c3ccc(Cl)cc3O)n2)nc1. The maximum Gasteiger partial charge on any atom is 0.262 e. The molecule has 0 saturated carbocycles. The van der Waals surface area contributed by atoms with Crippen molar-refractivity contribution in [1.29, 1.82) is 0 Å². The van der Waals surface area contributed by atoms with E-state index >= 15 is 0 Å². The molecule has 3 aromatic rings. The zero-order valence-corrected chi connectivity index (χ0v) is 11.2. The molecule has 1 N–H and O–H groups in total. The van der Waals surface area contributed by atoms with Gasteiger partial charge in [-0.05, 0) is 30.7 Å². The van der Waals surface area contributed by atoms with Crippen molar-refractivity contribution >= 4 is 11.6 Å². The fourth-order valence-electron chi connectivity index (χ4n) is 1.62. The van der Waals surface area contributed by atoms with E-state index in [-0.39, 0.29) is 17.5 Å². The average molecular weight is 289 g/mol. The van der Waals surface area contributed by atoms with Crippen molar-refractivity contribution < 1.29 is 9.63 Å². The van der Waals surface area contributed by atoms with Gasteiger partial charge >= 0.3 is 0 Å². The lowest BCUT2D eigenvalue weighted by atomic mass is 10.2. The fraction of sp³-hybridized carbons (Fsp3) is 0.0769. The van der Waals surface area contributed by atoms with Crippen LogP contribution in [0.25, 0.3) is 23.1 Å². The van der Waals surface area contributed by atoms with Crippen molar-refractivity contribution in [3.63, 3.8) is 0 Å². The number of phenolic OH excluding ortho intramolecular Hbond substituents is 1. The molecule has 0 unspecified atom stereocenters. The molecule has 0 aliphatic carbocycles. The molecule has 0 atom stereocenters. The highest BCUT2D eigenvalue weighted by molar-refractivity contribution is 6.30. The third kappa shape index (κ3) is 2.33. The van der Waals surface area contributed by atoms with Crippen molar-refractivity contribution in [3.05, 3.63) is 41.2 Å². The van der Waals surface area contributed by atoms with Crippen LogP contribution < -0.4 is 0 Å². The Kier molecular flexibility index (Phi) is 3.08. The topological polar surface area (TPSA) is 84.9 Å². The Bertz CT molecular complexity index is 755. The van der Waals surface area contributed by atoms with Gasteiger partial charge in [0.15, 0.2) is 0 Å². The lowest BCUT2D eigenvalue weighted by molar-refractivity contribution is 0.425. The number of aryl methyl sites for hydroxylation is 1. The fourth-order valence-corrected chi connectivity index (χ4v) is 1.78. The summed E-state index contributed by atoms with van der Waals surface area (Å²) >= 11 is 5.77. The summed E-state index contributed by atoms with van der Waals surface area (Å²) in [4.78, 5) is 12.4. The number of aromatic hydroxyl groups is 1. The van der Waals surface area contributed by atoms with Crippen LogP contribution in [0.4, 0.5) is 0 Å². The Morgan fingerprint density at radius 2 is 1.90 bits per heavy atom. The van der Waals surface area contributed by atoms with Crippen molar-refractivity contribution in [3.8, 4) is 28.9 Å². The lowest BCUT2D eigenvalue weighted by Crippen LogP contribution is -1.90. The first kappa shape index (κ1) is 12.6. The summed E-state index contributed by atoms with van der Waals surface area (Å²) < 4.78 is 5.11. The van der Waals surface area contributed by atoms with Crippen LogP contribution in [0, 0.1) is 6.92 Å². The van der Waals surface area contributed by atoms with Gasteiger partial charge in [0.1, 0.15) is 5.75 Å². The van der Waals surface area contributed by atoms with E-state index in [2.05, 4.69) is 20.1 Å². The Balaban J connectivity index is 1.99. The molecule has 0 aliphatic heterocycles. The maximum atomic E-state index is 9.82. The molecule has 0 aliphatic rings. The Labute approximate surface area is 119 Å². The van der Waals surface area contributed by atoms with Crippen molar-refractivity contribution in [1.82, 2.24) is 20.1 Å². The Morgan fingerprint density at radius 3 is 2.60 bits per heavy atom. The average Bonchev–Trinajstić information content (AvgIpc) is 2.89. The van der Waals surface area contributed by atoms with Crippen LogP contribution in [0.2, 0.25) is 5.02 Å². The normalized spacial score (nSPS) is 10.7. The second-order valence-corrected chi connectivity index (χ2v) is 4.61. The van der Waals surface area contributed by atoms with Crippen LogP contribution >= 0.6 is 11.6 Å². The Morgan fingerprint density at radius 1 is 1.15 bits per heavy atom. The number of nitrogens with zero attached hydrogens (tertiary/aromatic N) is 4. The van der Waals surface area contributed by atoms with E-state index in [0.29, 0.717) is 16.4 Å². The summed E-state index contributed by atoms with van der Waals surface area (Å²) in [6.07, 6.45) is 3.33. The minimum atomic E-state index is -0.0301. The molecule has 20 heavy (non-hydrogen) atoms. The lowest BCUT2D eigenvalue weighted by Gasteiger charge is -1.98. The number of halogens is 1. The van der Waals surface area contributed by atoms with E-state index in [1.54, 1.807) is 24.5 Å². The molecule has 100 valence electrons. The van der Waals surface area contributed by atoms with Gasteiger partial charge in [-0.2, -0.15) is 4.98 Å². The summed E-state index contributed by atoms with van der Waals surface area (Å²) in [5, 5.41) is 14.0. The van der Waals surface area contributed by atoms with E-state index in [9.17, 15) is 5.11 Å². The smallest absolute Gasteiger partial charge is 0.262 e. The van der Waals surface area contributed by atoms with Crippen LogP contribution in [0.3, 0.4) is 0 Å². The van der Waals surface area contributed by atoms with Crippen LogP contribution in [0.15, 0.2) is 35.1 Å². The quantitative estimate of drug-likeness (QED) is 0.780. The standard InChI is InChI=1S/C13H9ClN4O2/c1-7-5-15-11(16-6-7)12-17-13(20-18-12)9-3-2-8(14)4-10(9)19/h2-6,19H,1H3. The highest BCUT2D eigenvalue weighted by atomic mass is 35.5. The van der Waals surface area contributed by atoms with E-state index in [4.69, 9.17) is 16.1 Å². The number of rotatable bonds is 2. The molecule has 0 spiro atoms. The second kappa shape index (κ2) is 4.90. The van der Waals surface area contributed by atoms with E-state index in [1.165, 1.54) is 6.07 Å². The number of benzene rings is 1. The van der Waals surface area contributed by atoms with Crippen LogP contribution in [-0.2, 0) is 0 Å². The summed E-state index contributed by atoms with van der Waals surface area (Å²) in [7, 11) is 0. The molecule has 0 saturated heterocycles. The summed E-state index contributed by atoms with van der Waals surface area (Å²) in [6.45, 7) is 1.89. The molecule has 6 nitrogen and oxygen atoms in total. The first-order valence-electron chi connectivity index (χ1n) is 5.75. The van der Waals surface area contributed by atoms with Crippen molar-refractivity contribution in [2.45, 2.75) is 6.92 Å². The van der Waals surface area contributed by atoms with Crippen LogP contribution in [0.5, 0.6) is 5.75 Å². The number of hydrogen-bond donors (Lipinski definition) is 1. The first-order chi connectivity index (χ1) is 9.63. The van der Waals surface area contributed by atoms with E-state index < -0.39 is 0 Å². The summed E-state index contributed by atoms with van der Waals surface area (Å²) in [5.41, 5.74) is 1.34. The third-order valence-electron chi connectivity index (χ3n) is 2.60. The van der Waals surface area contributed by atoms with E-state index in [0.717, 1.165) is 5.56 Å². The highest BCUT2D eigenvalue weighted by Gasteiger charge is 2.15. The Hall–Kier alpha value is -2.47. The molecule has 2 heterocycles. The molecule has 1 aromatic carbocycles. The van der Waals surface area contributed by atoms with Gasteiger partial charge < -0.3 is 9.63 Å². The zero-order chi connectivity index (χ0) is 14.1. The third-order valence-corrected chi connectivity index (χ3v) is 2.83. The molecule has 0 radical (unpaired) electrons. The number of phenols is 1. The van der Waals surface area contributed by atoms with Crippen molar-refractivity contribution in [2.24, 2.45) is 0 Å². The monoisotopic (exact) mass is 288 g/mol. The van der Waals surface area contributed by atoms with E-state index in [1.807, 2.05) is 6.92 Å². The predicted molar refractivity (Wildman–Crippen MR) is 72.2 cm³/mol. The van der Waals surface area contributed by atoms with Crippen LogP contribution in [0.1, 0.15) is 5.56 Å². The molecule has 2 aromatic heterocycles. The molecular weight excluding hydrogens is 280 g/mol. The number of hydrogen-bond acceptors (Lipinski definition) is 6. The zero-order valence-electron chi connectivity index (χ0n) is 10.4. The van der Waals surface area contributed by atoms with Gasteiger partial charge in [0.05, 0.1) is 5.56 Å². The number of aromatic nitrogens is 4. The first-order valence-corrected chi connectivity index (χ1v) is 6.13. The summed E-state index contributed by atoms with van der Waals surface area (Å²) in [6, 6.07) is 4.64. The van der Waals surface area contributed by atoms with Crippen LogP contribution in [-0.4, -0.2) is 25.2 Å². The molecule has 0 fully saturated rings.